The first-order valence-electron chi connectivity index (χ1n) is 7.88. The minimum atomic E-state index is 0.0420. The molecule has 0 aromatic carbocycles. The van der Waals surface area contributed by atoms with Gasteiger partial charge >= 0.3 is 0 Å². The third kappa shape index (κ3) is 2.63. The molecule has 1 saturated heterocycles. The number of aryl methyl sites for hydroxylation is 1. The van der Waals surface area contributed by atoms with E-state index < -0.39 is 0 Å². The Bertz CT molecular complexity index is 853. The molecule has 4 rings (SSSR count). The smallest absolute Gasteiger partial charge is 0.264 e. The van der Waals surface area contributed by atoms with Gasteiger partial charge in [-0.05, 0) is 49.3 Å². The Hall–Kier alpha value is -2.21. The third-order valence-corrected chi connectivity index (χ3v) is 5.37. The molecule has 0 radical (unpaired) electrons. The van der Waals surface area contributed by atoms with Gasteiger partial charge in [-0.25, -0.2) is 9.97 Å². The molecular weight excluding hydrogens is 308 g/mol. The van der Waals surface area contributed by atoms with Crippen LogP contribution in [0.5, 0.6) is 0 Å². The van der Waals surface area contributed by atoms with Gasteiger partial charge in [0.15, 0.2) is 0 Å². The van der Waals surface area contributed by atoms with Crippen molar-refractivity contribution in [2.75, 3.05) is 6.54 Å². The molecule has 0 N–H and O–H groups in total. The molecule has 3 aromatic rings. The third-order valence-electron chi connectivity index (χ3n) is 4.33. The van der Waals surface area contributed by atoms with Crippen LogP contribution in [-0.2, 0) is 0 Å². The summed E-state index contributed by atoms with van der Waals surface area (Å²) in [6, 6.07) is 4.02. The van der Waals surface area contributed by atoms with Crippen LogP contribution in [0.2, 0.25) is 0 Å². The molecule has 5 nitrogen and oxygen atoms in total. The van der Waals surface area contributed by atoms with Crippen LogP contribution >= 0.6 is 11.3 Å². The van der Waals surface area contributed by atoms with Crippen molar-refractivity contribution in [1.29, 1.82) is 0 Å². The Kier molecular flexibility index (Phi) is 3.61. The minimum absolute atomic E-state index is 0.0420. The molecule has 1 unspecified atom stereocenters. The highest BCUT2D eigenvalue weighted by Gasteiger charge is 2.30. The van der Waals surface area contributed by atoms with Crippen molar-refractivity contribution < 1.29 is 4.79 Å². The highest BCUT2D eigenvalue weighted by molar-refractivity contribution is 7.12. The Morgan fingerprint density at radius 3 is 3.09 bits per heavy atom. The van der Waals surface area contributed by atoms with Gasteiger partial charge in [0.1, 0.15) is 0 Å². The Morgan fingerprint density at radius 2 is 2.26 bits per heavy atom. The standard InChI is InChI=1S/C17H18N4OS/c1-12-10-15(23-11-12)16(22)21-7-3-2-4-14(21)13-5-8-20-9-6-18-17(20)19-13/h5-6,8-11,14H,2-4,7H2,1H3. The number of piperidine rings is 1. The number of carbonyl (C=O) groups excluding carboxylic acids is 1. The van der Waals surface area contributed by atoms with Gasteiger partial charge in [0.05, 0.1) is 16.6 Å². The predicted octanol–water partition coefficient (Wildman–Crippen LogP) is 3.47. The van der Waals surface area contributed by atoms with Crippen molar-refractivity contribution in [1.82, 2.24) is 19.3 Å². The number of carbonyl (C=O) groups is 1. The maximum Gasteiger partial charge on any atom is 0.264 e. The van der Waals surface area contributed by atoms with Gasteiger partial charge in [0.25, 0.3) is 5.91 Å². The SMILES string of the molecule is Cc1csc(C(=O)N2CCCCC2c2ccn3ccnc3n2)c1. The van der Waals surface area contributed by atoms with Crippen LogP contribution in [0.25, 0.3) is 5.78 Å². The van der Waals surface area contributed by atoms with E-state index in [1.54, 1.807) is 6.20 Å². The van der Waals surface area contributed by atoms with Crippen molar-refractivity contribution >= 4 is 23.0 Å². The quantitative estimate of drug-likeness (QED) is 0.724. The lowest BCUT2D eigenvalue weighted by atomic mass is 9.99. The lowest BCUT2D eigenvalue weighted by Crippen LogP contribution is -2.38. The Morgan fingerprint density at radius 1 is 1.35 bits per heavy atom. The summed E-state index contributed by atoms with van der Waals surface area (Å²) in [7, 11) is 0. The molecule has 1 aliphatic heterocycles. The summed E-state index contributed by atoms with van der Waals surface area (Å²) >= 11 is 1.52. The second-order valence-corrected chi connectivity index (χ2v) is 6.90. The zero-order valence-electron chi connectivity index (χ0n) is 13.0. The van der Waals surface area contributed by atoms with Gasteiger partial charge in [-0.1, -0.05) is 0 Å². The van der Waals surface area contributed by atoms with E-state index >= 15 is 0 Å². The fraction of sp³-hybridized carbons (Fsp3) is 0.353. The van der Waals surface area contributed by atoms with Crippen molar-refractivity contribution in [3.05, 3.63) is 52.2 Å². The van der Waals surface area contributed by atoms with Gasteiger partial charge in [0.2, 0.25) is 5.78 Å². The van der Waals surface area contributed by atoms with Gasteiger partial charge < -0.3 is 4.90 Å². The number of fused-ring (bicyclic) bond motifs is 1. The van der Waals surface area contributed by atoms with Crippen molar-refractivity contribution in [2.45, 2.75) is 32.2 Å². The zero-order chi connectivity index (χ0) is 15.8. The molecule has 1 atom stereocenters. The molecule has 0 bridgehead atoms. The maximum absolute atomic E-state index is 12.9. The van der Waals surface area contributed by atoms with E-state index in [1.165, 1.54) is 11.3 Å². The highest BCUT2D eigenvalue weighted by atomic mass is 32.1. The monoisotopic (exact) mass is 326 g/mol. The van der Waals surface area contributed by atoms with Crippen LogP contribution < -0.4 is 0 Å². The predicted molar refractivity (Wildman–Crippen MR) is 89.7 cm³/mol. The van der Waals surface area contributed by atoms with E-state index in [0.717, 1.165) is 41.9 Å². The Labute approximate surface area is 138 Å². The van der Waals surface area contributed by atoms with Crippen LogP contribution in [-0.4, -0.2) is 31.7 Å². The van der Waals surface area contributed by atoms with Crippen molar-refractivity contribution in [3.8, 4) is 0 Å². The maximum atomic E-state index is 12.9. The van der Waals surface area contributed by atoms with Gasteiger partial charge in [-0.15, -0.1) is 11.3 Å². The average Bonchev–Trinajstić information content (AvgIpc) is 3.22. The molecule has 6 heteroatoms. The highest BCUT2D eigenvalue weighted by Crippen LogP contribution is 2.32. The minimum Gasteiger partial charge on any atom is -0.329 e. The van der Waals surface area contributed by atoms with Crippen molar-refractivity contribution in [3.63, 3.8) is 0 Å². The van der Waals surface area contributed by atoms with E-state index in [1.807, 2.05) is 46.1 Å². The van der Waals surface area contributed by atoms with Crippen LogP contribution in [0.3, 0.4) is 0 Å². The van der Waals surface area contributed by atoms with E-state index in [4.69, 9.17) is 0 Å². The zero-order valence-corrected chi connectivity index (χ0v) is 13.8. The number of aromatic nitrogens is 3. The summed E-state index contributed by atoms with van der Waals surface area (Å²) < 4.78 is 1.89. The molecule has 1 amide bonds. The molecule has 0 aliphatic carbocycles. The van der Waals surface area contributed by atoms with E-state index in [2.05, 4.69) is 9.97 Å². The van der Waals surface area contributed by atoms with E-state index in [-0.39, 0.29) is 11.9 Å². The van der Waals surface area contributed by atoms with Crippen molar-refractivity contribution in [2.24, 2.45) is 0 Å². The summed E-state index contributed by atoms with van der Waals surface area (Å²) in [5.74, 6) is 0.810. The topological polar surface area (TPSA) is 50.5 Å². The normalized spacial score (nSPS) is 18.5. The fourth-order valence-electron chi connectivity index (χ4n) is 3.17. The lowest BCUT2D eigenvalue weighted by Gasteiger charge is -2.35. The first kappa shape index (κ1) is 14.4. The molecule has 118 valence electrons. The summed E-state index contributed by atoms with van der Waals surface area (Å²) in [6.45, 7) is 2.82. The molecule has 0 spiro atoms. The number of likely N-dealkylation sites (tertiary alicyclic amines) is 1. The van der Waals surface area contributed by atoms with Crippen LogP contribution in [0.1, 0.15) is 46.2 Å². The molecule has 4 heterocycles. The molecular formula is C17H18N4OS. The van der Waals surface area contributed by atoms with Crippen LogP contribution in [0, 0.1) is 6.92 Å². The fourth-order valence-corrected chi connectivity index (χ4v) is 4.02. The van der Waals surface area contributed by atoms with E-state index in [0.29, 0.717) is 5.78 Å². The second-order valence-electron chi connectivity index (χ2n) is 5.99. The largest absolute Gasteiger partial charge is 0.329 e. The molecule has 1 aliphatic rings. The van der Waals surface area contributed by atoms with Crippen LogP contribution in [0.4, 0.5) is 0 Å². The lowest BCUT2D eigenvalue weighted by molar-refractivity contribution is 0.0611. The molecule has 1 fully saturated rings. The number of hydrogen-bond acceptors (Lipinski definition) is 4. The van der Waals surface area contributed by atoms with Gasteiger partial charge in [-0.2, -0.15) is 0 Å². The molecule has 0 saturated carbocycles. The Balaban J connectivity index is 1.68. The van der Waals surface area contributed by atoms with Gasteiger partial charge in [-0.3, -0.25) is 9.20 Å². The van der Waals surface area contributed by atoms with E-state index in [9.17, 15) is 4.79 Å². The van der Waals surface area contributed by atoms with Crippen LogP contribution in [0.15, 0.2) is 36.1 Å². The molecule has 23 heavy (non-hydrogen) atoms. The number of thiophene rings is 1. The molecule has 3 aromatic heterocycles. The average molecular weight is 326 g/mol. The number of rotatable bonds is 2. The van der Waals surface area contributed by atoms with Gasteiger partial charge in [0, 0.05) is 25.1 Å². The first-order chi connectivity index (χ1) is 11.2. The first-order valence-corrected chi connectivity index (χ1v) is 8.76. The number of hydrogen-bond donors (Lipinski definition) is 0. The number of imidazole rings is 1. The second kappa shape index (κ2) is 5.77. The summed E-state index contributed by atoms with van der Waals surface area (Å²) in [5.41, 5.74) is 2.08. The summed E-state index contributed by atoms with van der Waals surface area (Å²) in [5, 5.41) is 2.03. The number of amides is 1. The summed E-state index contributed by atoms with van der Waals surface area (Å²) in [4.78, 5) is 24.6. The number of nitrogens with zero attached hydrogens (tertiary/aromatic N) is 4. The summed E-state index contributed by atoms with van der Waals surface area (Å²) in [6.07, 6.45) is 8.73.